The monoisotopic (exact) mass is 189 g/mol. The predicted molar refractivity (Wildman–Crippen MR) is 46.5 cm³/mol. The van der Waals surface area contributed by atoms with Gasteiger partial charge in [-0.1, -0.05) is 12.7 Å². The highest BCUT2D eigenvalue weighted by molar-refractivity contribution is 5.47. The van der Waals surface area contributed by atoms with Gasteiger partial charge in [0.05, 0.1) is 0 Å². The summed E-state index contributed by atoms with van der Waals surface area (Å²) < 4.78 is 37.2. The van der Waals surface area contributed by atoms with Crippen molar-refractivity contribution in [3.8, 4) is 0 Å². The van der Waals surface area contributed by atoms with Crippen LogP contribution in [0.4, 0.5) is 13.2 Å². The number of hydrogen-bond donors (Lipinski definition) is 1. The molecule has 0 aliphatic heterocycles. The van der Waals surface area contributed by atoms with Crippen molar-refractivity contribution in [1.29, 1.82) is 0 Å². The second-order valence-electron chi connectivity index (χ2n) is 1.99. The van der Waals surface area contributed by atoms with Crippen LogP contribution in [0.25, 0.3) is 6.08 Å². The van der Waals surface area contributed by atoms with Crippen molar-refractivity contribution in [1.82, 2.24) is 0 Å². The average Bonchev–Trinajstić information content (AvgIpc) is 2.15. The Bertz CT molecular complexity index is 297. The molecule has 0 aliphatic rings. The minimum Gasteiger partial charge on any atom is -0.333 e. The van der Waals surface area contributed by atoms with E-state index < -0.39 is 17.5 Å². The van der Waals surface area contributed by atoms with Crippen LogP contribution in [0.5, 0.6) is 0 Å². The lowest BCUT2D eigenvalue weighted by atomic mass is 10.2. The Balaban J connectivity index is 0.000000671. The molecule has 4 heteroatoms. The van der Waals surface area contributed by atoms with E-state index in [4.69, 9.17) is 0 Å². The van der Waals surface area contributed by atoms with E-state index in [0.29, 0.717) is 6.07 Å². The van der Waals surface area contributed by atoms with Crippen molar-refractivity contribution < 1.29 is 13.2 Å². The summed E-state index contributed by atoms with van der Waals surface area (Å²) in [5.41, 5.74) is 4.46. The molecule has 0 aromatic heterocycles. The van der Waals surface area contributed by atoms with Gasteiger partial charge in [-0.2, -0.15) is 0 Å². The van der Waals surface area contributed by atoms with E-state index in [1.165, 1.54) is 7.05 Å². The lowest BCUT2D eigenvalue weighted by molar-refractivity contribution is 0.494. The van der Waals surface area contributed by atoms with Gasteiger partial charge in [0.25, 0.3) is 0 Å². The molecule has 0 atom stereocenters. The third-order valence-electron chi connectivity index (χ3n) is 1.26. The first kappa shape index (κ1) is 11.7. The maximum atomic E-state index is 12.6. The fraction of sp³-hybridized carbons (Fsp3) is 0.111. The van der Waals surface area contributed by atoms with Gasteiger partial charge in [-0.3, -0.25) is 0 Å². The summed E-state index contributed by atoms with van der Waals surface area (Å²) >= 11 is 0. The van der Waals surface area contributed by atoms with Gasteiger partial charge in [0.15, 0.2) is 11.6 Å². The van der Waals surface area contributed by atoms with Crippen LogP contribution in [-0.4, -0.2) is 7.05 Å². The highest BCUT2D eigenvalue weighted by Crippen LogP contribution is 2.13. The normalized spacial score (nSPS) is 8.69. The predicted octanol–water partition coefficient (Wildman–Crippen LogP) is 2.32. The smallest absolute Gasteiger partial charge is 0.161 e. The van der Waals surface area contributed by atoms with Crippen LogP contribution in [0.3, 0.4) is 0 Å². The maximum absolute atomic E-state index is 12.6. The minimum absolute atomic E-state index is 0.0381. The van der Waals surface area contributed by atoms with Crippen LogP contribution in [0, 0.1) is 17.5 Å². The summed E-state index contributed by atoms with van der Waals surface area (Å²) in [6, 6.07) is 1.25. The zero-order chi connectivity index (χ0) is 10.4. The standard InChI is InChI=1S/C8H5F3.CH5N/c1-2-5-3-7(10)8(11)4-6(5)9;1-2/h2-4H,1H2;2H2,1H3. The lowest BCUT2D eigenvalue weighted by Gasteiger charge is -1.96. The molecule has 0 spiro atoms. The Labute approximate surface area is 74.7 Å². The summed E-state index contributed by atoms with van der Waals surface area (Å²) in [6.45, 7) is 3.23. The van der Waals surface area contributed by atoms with Gasteiger partial charge in [-0.25, -0.2) is 13.2 Å². The molecule has 1 rings (SSSR count). The maximum Gasteiger partial charge on any atom is 0.161 e. The molecule has 0 aliphatic carbocycles. The summed E-state index contributed by atoms with van der Waals surface area (Å²) in [4.78, 5) is 0. The fourth-order valence-corrected chi connectivity index (χ4v) is 0.694. The Morgan fingerprint density at radius 1 is 1.08 bits per heavy atom. The molecule has 0 fully saturated rings. The fourth-order valence-electron chi connectivity index (χ4n) is 0.694. The Morgan fingerprint density at radius 3 is 2.00 bits per heavy atom. The Morgan fingerprint density at radius 2 is 1.54 bits per heavy atom. The summed E-state index contributed by atoms with van der Waals surface area (Å²) in [6.07, 6.45) is 1.12. The van der Waals surface area contributed by atoms with Crippen molar-refractivity contribution >= 4 is 6.08 Å². The third kappa shape index (κ3) is 2.91. The van der Waals surface area contributed by atoms with Gasteiger partial charge in [-0.15, -0.1) is 0 Å². The molecular formula is C9H10F3N. The summed E-state index contributed by atoms with van der Waals surface area (Å²) in [5, 5.41) is 0. The van der Waals surface area contributed by atoms with Crippen molar-refractivity contribution in [2.45, 2.75) is 0 Å². The highest BCUT2D eigenvalue weighted by atomic mass is 19.2. The molecule has 0 heterocycles. The van der Waals surface area contributed by atoms with Crippen molar-refractivity contribution in [2.75, 3.05) is 7.05 Å². The number of rotatable bonds is 1. The largest absolute Gasteiger partial charge is 0.333 e. The molecule has 1 aromatic carbocycles. The molecule has 0 saturated heterocycles. The number of nitrogens with two attached hydrogens (primary N) is 1. The van der Waals surface area contributed by atoms with Gasteiger partial charge in [0.2, 0.25) is 0 Å². The van der Waals surface area contributed by atoms with Crippen LogP contribution < -0.4 is 5.73 Å². The molecule has 0 amide bonds. The Kier molecular flexibility index (Phi) is 4.84. The third-order valence-corrected chi connectivity index (χ3v) is 1.26. The van der Waals surface area contributed by atoms with E-state index in [-0.39, 0.29) is 5.56 Å². The molecule has 0 saturated carbocycles. The first-order valence-corrected chi connectivity index (χ1v) is 3.50. The molecule has 13 heavy (non-hydrogen) atoms. The SMILES string of the molecule is C=Cc1cc(F)c(F)cc1F.CN. The van der Waals surface area contributed by atoms with E-state index in [1.807, 2.05) is 0 Å². The van der Waals surface area contributed by atoms with Crippen LogP contribution in [-0.2, 0) is 0 Å². The number of halogens is 3. The molecule has 2 N–H and O–H groups in total. The minimum atomic E-state index is -1.19. The van der Waals surface area contributed by atoms with Crippen LogP contribution in [0.2, 0.25) is 0 Å². The molecule has 1 aromatic rings. The molecule has 0 unspecified atom stereocenters. The topological polar surface area (TPSA) is 26.0 Å². The zero-order valence-electron chi connectivity index (χ0n) is 7.15. The van der Waals surface area contributed by atoms with Crippen molar-refractivity contribution in [3.05, 3.63) is 41.7 Å². The van der Waals surface area contributed by atoms with Gasteiger partial charge in [0.1, 0.15) is 5.82 Å². The first-order chi connectivity index (χ1) is 6.15. The number of benzene rings is 1. The first-order valence-electron chi connectivity index (χ1n) is 3.50. The van der Waals surface area contributed by atoms with Gasteiger partial charge < -0.3 is 5.73 Å². The molecule has 0 bridgehead atoms. The van der Waals surface area contributed by atoms with Crippen molar-refractivity contribution in [2.24, 2.45) is 5.73 Å². The molecule has 72 valence electrons. The molecular weight excluding hydrogens is 179 g/mol. The van der Waals surface area contributed by atoms with Crippen LogP contribution in [0.1, 0.15) is 5.56 Å². The molecule has 0 radical (unpaired) electrons. The second kappa shape index (κ2) is 5.37. The average molecular weight is 189 g/mol. The van der Waals surface area contributed by atoms with E-state index in [0.717, 1.165) is 12.1 Å². The van der Waals surface area contributed by atoms with Gasteiger partial charge in [0, 0.05) is 11.6 Å². The van der Waals surface area contributed by atoms with E-state index in [1.54, 1.807) is 0 Å². The zero-order valence-corrected chi connectivity index (χ0v) is 7.15. The van der Waals surface area contributed by atoms with Gasteiger partial charge in [-0.05, 0) is 13.1 Å². The number of hydrogen-bond acceptors (Lipinski definition) is 1. The van der Waals surface area contributed by atoms with E-state index >= 15 is 0 Å². The lowest BCUT2D eigenvalue weighted by Crippen LogP contribution is -1.89. The van der Waals surface area contributed by atoms with Crippen LogP contribution >= 0.6 is 0 Å². The van der Waals surface area contributed by atoms with E-state index in [2.05, 4.69) is 12.3 Å². The second-order valence-corrected chi connectivity index (χ2v) is 1.99. The van der Waals surface area contributed by atoms with Gasteiger partial charge >= 0.3 is 0 Å². The molecule has 1 nitrogen and oxygen atoms in total. The summed E-state index contributed by atoms with van der Waals surface area (Å²) in [7, 11) is 1.50. The van der Waals surface area contributed by atoms with Crippen molar-refractivity contribution in [3.63, 3.8) is 0 Å². The Hall–Kier alpha value is -1.29. The van der Waals surface area contributed by atoms with Crippen LogP contribution in [0.15, 0.2) is 18.7 Å². The quantitative estimate of drug-likeness (QED) is 0.674. The summed E-state index contributed by atoms with van der Waals surface area (Å²) in [5.74, 6) is -3.06. The highest BCUT2D eigenvalue weighted by Gasteiger charge is 2.06. The van der Waals surface area contributed by atoms with E-state index in [9.17, 15) is 13.2 Å².